The molecular formula is C12H25N. The van der Waals surface area contributed by atoms with Crippen molar-refractivity contribution in [2.45, 2.75) is 52.9 Å². The highest BCUT2D eigenvalue weighted by Gasteiger charge is 2.35. The van der Waals surface area contributed by atoms with Crippen molar-refractivity contribution in [1.82, 2.24) is 0 Å². The molecule has 1 rings (SSSR count). The van der Waals surface area contributed by atoms with Crippen molar-refractivity contribution < 1.29 is 0 Å². The summed E-state index contributed by atoms with van der Waals surface area (Å²) in [5, 5.41) is 0. The highest BCUT2D eigenvalue weighted by atomic mass is 14.6. The summed E-state index contributed by atoms with van der Waals surface area (Å²) in [6.07, 6.45) is 6.87. The van der Waals surface area contributed by atoms with E-state index in [0.29, 0.717) is 5.41 Å². The van der Waals surface area contributed by atoms with Gasteiger partial charge in [0.25, 0.3) is 0 Å². The molecule has 0 saturated heterocycles. The highest BCUT2D eigenvalue weighted by molar-refractivity contribution is 4.87. The normalized spacial score (nSPS) is 35.3. The van der Waals surface area contributed by atoms with Gasteiger partial charge in [-0.25, -0.2) is 0 Å². The summed E-state index contributed by atoms with van der Waals surface area (Å²) in [4.78, 5) is 0. The second kappa shape index (κ2) is 4.45. The zero-order valence-electron chi connectivity index (χ0n) is 9.47. The van der Waals surface area contributed by atoms with Crippen LogP contribution in [0.5, 0.6) is 0 Å². The molecule has 0 spiro atoms. The maximum Gasteiger partial charge on any atom is -0.00719 e. The van der Waals surface area contributed by atoms with E-state index < -0.39 is 0 Å². The molecule has 1 aliphatic carbocycles. The quantitative estimate of drug-likeness (QED) is 0.714. The number of nitrogens with two attached hydrogens (primary N) is 1. The Morgan fingerprint density at radius 1 is 1.31 bits per heavy atom. The monoisotopic (exact) mass is 183 g/mol. The molecule has 0 amide bonds. The molecule has 0 unspecified atom stereocenters. The van der Waals surface area contributed by atoms with Gasteiger partial charge in [0.1, 0.15) is 0 Å². The fourth-order valence-corrected chi connectivity index (χ4v) is 2.74. The summed E-state index contributed by atoms with van der Waals surface area (Å²) in [6.45, 7) is 7.98. The molecule has 13 heavy (non-hydrogen) atoms. The largest absolute Gasteiger partial charge is 0.330 e. The van der Waals surface area contributed by atoms with Crippen LogP contribution in [0.4, 0.5) is 0 Å². The van der Waals surface area contributed by atoms with Crippen LogP contribution in [0.1, 0.15) is 52.9 Å². The lowest BCUT2D eigenvalue weighted by atomic mass is 9.63. The van der Waals surface area contributed by atoms with E-state index in [4.69, 9.17) is 5.73 Å². The fraction of sp³-hybridized carbons (Fsp3) is 1.00. The molecule has 2 N–H and O–H groups in total. The predicted octanol–water partition coefficient (Wildman–Crippen LogP) is 3.19. The fourth-order valence-electron chi connectivity index (χ4n) is 2.74. The minimum absolute atomic E-state index is 0.585. The van der Waals surface area contributed by atoms with E-state index >= 15 is 0 Å². The Morgan fingerprint density at radius 3 is 2.23 bits per heavy atom. The average Bonchev–Trinajstić information content (AvgIpc) is 2.09. The Kier molecular flexibility index (Phi) is 3.78. The zero-order valence-corrected chi connectivity index (χ0v) is 9.47. The van der Waals surface area contributed by atoms with Crippen molar-refractivity contribution >= 4 is 0 Å². The van der Waals surface area contributed by atoms with Crippen LogP contribution in [-0.2, 0) is 0 Å². The third-order valence-corrected chi connectivity index (χ3v) is 4.14. The van der Waals surface area contributed by atoms with Crippen molar-refractivity contribution in [3.05, 3.63) is 0 Å². The third kappa shape index (κ3) is 2.46. The first-order valence-electron chi connectivity index (χ1n) is 5.81. The van der Waals surface area contributed by atoms with Crippen LogP contribution >= 0.6 is 0 Å². The molecule has 0 heterocycles. The maximum atomic E-state index is 5.72. The molecule has 0 aromatic heterocycles. The minimum Gasteiger partial charge on any atom is -0.330 e. The van der Waals surface area contributed by atoms with Gasteiger partial charge in [-0.05, 0) is 43.1 Å². The van der Waals surface area contributed by atoms with Gasteiger partial charge in [0.05, 0.1) is 0 Å². The smallest absolute Gasteiger partial charge is 0.00719 e. The van der Waals surface area contributed by atoms with E-state index in [1.54, 1.807) is 0 Å². The van der Waals surface area contributed by atoms with E-state index in [9.17, 15) is 0 Å². The van der Waals surface area contributed by atoms with Gasteiger partial charge >= 0.3 is 0 Å². The van der Waals surface area contributed by atoms with Crippen LogP contribution in [0.3, 0.4) is 0 Å². The van der Waals surface area contributed by atoms with Gasteiger partial charge in [0, 0.05) is 0 Å². The van der Waals surface area contributed by atoms with E-state index in [0.717, 1.165) is 18.4 Å². The van der Waals surface area contributed by atoms with Crippen LogP contribution in [0, 0.1) is 17.3 Å². The van der Waals surface area contributed by atoms with Gasteiger partial charge in [-0.1, -0.05) is 33.6 Å². The second-order valence-corrected chi connectivity index (χ2v) is 5.24. The predicted molar refractivity (Wildman–Crippen MR) is 58.6 cm³/mol. The van der Waals surface area contributed by atoms with Crippen molar-refractivity contribution in [3.8, 4) is 0 Å². The Balaban J connectivity index is 2.58. The second-order valence-electron chi connectivity index (χ2n) is 5.24. The van der Waals surface area contributed by atoms with E-state index in [1.165, 1.54) is 32.1 Å². The zero-order chi connectivity index (χ0) is 9.90. The van der Waals surface area contributed by atoms with E-state index in [-0.39, 0.29) is 0 Å². The van der Waals surface area contributed by atoms with Crippen LogP contribution in [-0.4, -0.2) is 6.54 Å². The third-order valence-electron chi connectivity index (χ3n) is 4.14. The lowest BCUT2D eigenvalue weighted by Gasteiger charge is -2.43. The SMILES string of the molecule is CC1CCC(CCN)(C(C)C)CC1. The molecule has 1 nitrogen and oxygen atoms in total. The summed E-state index contributed by atoms with van der Waals surface area (Å²) in [5.41, 5.74) is 6.30. The Bertz CT molecular complexity index is 143. The van der Waals surface area contributed by atoms with Gasteiger partial charge in [0.15, 0.2) is 0 Å². The Morgan fingerprint density at radius 2 is 1.85 bits per heavy atom. The number of hydrogen-bond donors (Lipinski definition) is 1. The lowest BCUT2D eigenvalue weighted by molar-refractivity contribution is 0.0870. The topological polar surface area (TPSA) is 26.0 Å². The van der Waals surface area contributed by atoms with Gasteiger partial charge in [-0.2, -0.15) is 0 Å². The molecule has 78 valence electrons. The molecule has 0 aromatic carbocycles. The van der Waals surface area contributed by atoms with Gasteiger partial charge in [-0.3, -0.25) is 0 Å². The molecule has 0 bridgehead atoms. The van der Waals surface area contributed by atoms with E-state index in [2.05, 4.69) is 20.8 Å². The first-order valence-corrected chi connectivity index (χ1v) is 5.81. The molecular weight excluding hydrogens is 158 g/mol. The molecule has 0 aliphatic heterocycles. The molecule has 0 radical (unpaired) electrons. The van der Waals surface area contributed by atoms with Crippen molar-refractivity contribution in [3.63, 3.8) is 0 Å². The van der Waals surface area contributed by atoms with Crippen molar-refractivity contribution in [1.29, 1.82) is 0 Å². The Labute approximate surface area is 83.1 Å². The molecule has 0 atom stereocenters. The summed E-state index contributed by atoms with van der Waals surface area (Å²) in [5.74, 6) is 1.76. The van der Waals surface area contributed by atoms with Crippen molar-refractivity contribution in [2.24, 2.45) is 23.0 Å². The first-order chi connectivity index (χ1) is 6.10. The van der Waals surface area contributed by atoms with Crippen molar-refractivity contribution in [2.75, 3.05) is 6.54 Å². The first kappa shape index (κ1) is 11.0. The molecule has 1 aliphatic rings. The summed E-state index contributed by atoms with van der Waals surface area (Å²) < 4.78 is 0. The summed E-state index contributed by atoms with van der Waals surface area (Å²) in [6, 6.07) is 0. The van der Waals surface area contributed by atoms with Crippen LogP contribution in [0.15, 0.2) is 0 Å². The Hall–Kier alpha value is -0.0400. The van der Waals surface area contributed by atoms with Crippen LogP contribution in [0.25, 0.3) is 0 Å². The van der Waals surface area contributed by atoms with E-state index in [1.807, 2.05) is 0 Å². The lowest BCUT2D eigenvalue weighted by Crippen LogP contribution is -2.34. The maximum absolute atomic E-state index is 5.72. The molecule has 1 saturated carbocycles. The van der Waals surface area contributed by atoms with Crippen LogP contribution in [0.2, 0.25) is 0 Å². The standard InChI is InChI=1S/C12H25N/c1-10(2)12(8-9-13)6-4-11(3)5-7-12/h10-11H,4-9,13H2,1-3H3. The summed E-state index contributed by atoms with van der Waals surface area (Å²) in [7, 11) is 0. The molecule has 1 heteroatoms. The molecule has 0 aromatic rings. The number of rotatable bonds is 3. The average molecular weight is 183 g/mol. The highest BCUT2D eigenvalue weighted by Crippen LogP contribution is 2.46. The van der Waals surface area contributed by atoms with Gasteiger partial charge in [-0.15, -0.1) is 0 Å². The van der Waals surface area contributed by atoms with Gasteiger partial charge in [0.2, 0.25) is 0 Å². The molecule has 1 fully saturated rings. The number of hydrogen-bond acceptors (Lipinski definition) is 1. The minimum atomic E-state index is 0.585. The van der Waals surface area contributed by atoms with Crippen LogP contribution < -0.4 is 5.73 Å². The van der Waals surface area contributed by atoms with Gasteiger partial charge < -0.3 is 5.73 Å². The summed E-state index contributed by atoms with van der Waals surface area (Å²) >= 11 is 0.